The molecular weight excluding hydrogens is 350 g/mol. The standard InChI is InChI=1S/C20H24ClN3O2/c1-24(16-10-12-22-13-11-16)14-20(25)23-15-6-8-17(9-7-15)26-19-5-3-2-4-18(19)21/h2-9,16,22H,10-14H2,1H3,(H,23,25). The first-order valence-corrected chi connectivity index (χ1v) is 9.23. The van der Waals surface area contributed by atoms with Crippen molar-refractivity contribution >= 4 is 23.2 Å². The SMILES string of the molecule is CN(CC(=O)Nc1ccc(Oc2ccccc2Cl)cc1)C1CCNCC1. The molecule has 0 atom stereocenters. The van der Waals surface area contributed by atoms with Gasteiger partial charge in [-0.05, 0) is 69.4 Å². The third kappa shape index (κ3) is 5.21. The van der Waals surface area contributed by atoms with E-state index in [1.165, 1.54) is 0 Å². The van der Waals surface area contributed by atoms with Crippen LogP contribution in [0, 0.1) is 0 Å². The van der Waals surface area contributed by atoms with Crippen molar-refractivity contribution in [1.29, 1.82) is 0 Å². The van der Waals surface area contributed by atoms with Crippen LogP contribution in [0.5, 0.6) is 11.5 Å². The van der Waals surface area contributed by atoms with Gasteiger partial charge in [-0.2, -0.15) is 0 Å². The van der Waals surface area contributed by atoms with Gasteiger partial charge in [-0.3, -0.25) is 9.69 Å². The highest BCUT2D eigenvalue weighted by Crippen LogP contribution is 2.29. The van der Waals surface area contributed by atoms with E-state index in [0.717, 1.165) is 31.6 Å². The molecule has 1 heterocycles. The van der Waals surface area contributed by atoms with Gasteiger partial charge in [0.15, 0.2) is 0 Å². The zero-order valence-corrected chi connectivity index (χ0v) is 15.6. The summed E-state index contributed by atoms with van der Waals surface area (Å²) in [5.74, 6) is 1.27. The molecule has 0 radical (unpaired) electrons. The number of carbonyl (C=O) groups is 1. The molecule has 138 valence electrons. The summed E-state index contributed by atoms with van der Waals surface area (Å²) in [6.45, 7) is 2.43. The van der Waals surface area contributed by atoms with E-state index in [0.29, 0.717) is 29.1 Å². The van der Waals surface area contributed by atoms with E-state index >= 15 is 0 Å². The minimum atomic E-state index is -0.00851. The molecule has 0 saturated carbocycles. The second-order valence-electron chi connectivity index (χ2n) is 6.50. The average Bonchev–Trinajstić information content (AvgIpc) is 2.66. The molecule has 3 rings (SSSR count). The zero-order valence-electron chi connectivity index (χ0n) is 14.9. The van der Waals surface area contributed by atoms with Crippen LogP contribution in [0.25, 0.3) is 0 Å². The van der Waals surface area contributed by atoms with E-state index in [9.17, 15) is 4.79 Å². The van der Waals surface area contributed by atoms with E-state index in [4.69, 9.17) is 16.3 Å². The lowest BCUT2D eigenvalue weighted by molar-refractivity contribution is -0.117. The minimum absolute atomic E-state index is 0.00851. The highest BCUT2D eigenvalue weighted by molar-refractivity contribution is 6.32. The maximum Gasteiger partial charge on any atom is 0.238 e. The fourth-order valence-corrected chi connectivity index (χ4v) is 3.24. The Balaban J connectivity index is 1.52. The van der Waals surface area contributed by atoms with E-state index in [-0.39, 0.29) is 5.91 Å². The molecule has 6 heteroatoms. The van der Waals surface area contributed by atoms with Crippen molar-refractivity contribution in [2.75, 3.05) is 32.0 Å². The lowest BCUT2D eigenvalue weighted by atomic mass is 10.1. The first kappa shape index (κ1) is 18.7. The Morgan fingerprint density at radius 1 is 1.19 bits per heavy atom. The maximum absolute atomic E-state index is 12.3. The van der Waals surface area contributed by atoms with Crippen LogP contribution in [0.3, 0.4) is 0 Å². The third-order valence-corrected chi connectivity index (χ3v) is 4.84. The van der Waals surface area contributed by atoms with Crippen LogP contribution in [-0.4, -0.2) is 43.5 Å². The molecule has 1 saturated heterocycles. The molecule has 2 N–H and O–H groups in total. The summed E-state index contributed by atoms with van der Waals surface area (Å²) in [6.07, 6.45) is 2.16. The lowest BCUT2D eigenvalue weighted by Gasteiger charge is -2.31. The number of hydrogen-bond donors (Lipinski definition) is 2. The lowest BCUT2D eigenvalue weighted by Crippen LogP contribution is -2.44. The summed E-state index contributed by atoms with van der Waals surface area (Å²) in [4.78, 5) is 14.4. The summed E-state index contributed by atoms with van der Waals surface area (Å²) in [5, 5.41) is 6.84. The first-order chi connectivity index (χ1) is 12.6. The fourth-order valence-electron chi connectivity index (χ4n) is 3.06. The van der Waals surface area contributed by atoms with Gasteiger partial charge in [0.25, 0.3) is 0 Å². The number of para-hydroxylation sites is 1. The van der Waals surface area contributed by atoms with Crippen LogP contribution in [0.2, 0.25) is 5.02 Å². The number of nitrogens with one attached hydrogen (secondary N) is 2. The molecule has 26 heavy (non-hydrogen) atoms. The van der Waals surface area contributed by atoms with Crippen molar-refractivity contribution in [2.24, 2.45) is 0 Å². The number of hydrogen-bond acceptors (Lipinski definition) is 4. The number of carbonyl (C=O) groups excluding carboxylic acids is 1. The normalized spacial score (nSPS) is 15.0. The molecule has 2 aromatic carbocycles. The Hall–Kier alpha value is -2.08. The summed E-state index contributed by atoms with van der Waals surface area (Å²) in [5.41, 5.74) is 0.750. The second kappa shape index (κ2) is 9.03. The van der Waals surface area contributed by atoms with Gasteiger partial charge < -0.3 is 15.4 Å². The Labute approximate surface area is 159 Å². The number of halogens is 1. The molecular formula is C20H24ClN3O2. The Kier molecular flexibility index (Phi) is 6.50. The van der Waals surface area contributed by atoms with Crippen molar-refractivity contribution in [3.63, 3.8) is 0 Å². The summed E-state index contributed by atoms with van der Waals surface area (Å²) < 4.78 is 5.75. The van der Waals surface area contributed by atoms with Crippen LogP contribution in [0.4, 0.5) is 5.69 Å². The molecule has 0 unspecified atom stereocenters. The number of anilines is 1. The first-order valence-electron chi connectivity index (χ1n) is 8.85. The number of amides is 1. The molecule has 1 fully saturated rings. The molecule has 1 amide bonds. The van der Waals surface area contributed by atoms with Crippen LogP contribution in [0.15, 0.2) is 48.5 Å². The minimum Gasteiger partial charge on any atom is -0.456 e. The Morgan fingerprint density at radius 2 is 1.88 bits per heavy atom. The van der Waals surface area contributed by atoms with E-state index in [1.54, 1.807) is 6.07 Å². The second-order valence-corrected chi connectivity index (χ2v) is 6.91. The van der Waals surface area contributed by atoms with Gasteiger partial charge in [-0.15, -0.1) is 0 Å². The monoisotopic (exact) mass is 373 g/mol. The van der Waals surface area contributed by atoms with Gasteiger partial charge in [0.1, 0.15) is 11.5 Å². The van der Waals surface area contributed by atoms with Crippen molar-refractivity contribution in [3.8, 4) is 11.5 Å². The number of benzene rings is 2. The number of nitrogens with zero attached hydrogens (tertiary/aromatic N) is 1. The summed E-state index contributed by atoms with van der Waals surface area (Å²) >= 11 is 6.10. The van der Waals surface area contributed by atoms with Gasteiger partial charge in [-0.1, -0.05) is 23.7 Å². The number of likely N-dealkylation sites (N-methyl/N-ethyl adjacent to an activating group) is 1. The van der Waals surface area contributed by atoms with Gasteiger partial charge in [0.2, 0.25) is 5.91 Å². The smallest absolute Gasteiger partial charge is 0.238 e. The molecule has 0 spiro atoms. The number of piperidine rings is 1. The largest absolute Gasteiger partial charge is 0.456 e. The topological polar surface area (TPSA) is 53.6 Å². The predicted octanol–water partition coefficient (Wildman–Crippen LogP) is 3.75. The highest BCUT2D eigenvalue weighted by Gasteiger charge is 2.19. The molecule has 1 aliphatic rings. The fraction of sp³-hybridized carbons (Fsp3) is 0.350. The van der Waals surface area contributed by atoms with E-state index in [2.05, 4.69) is 15.5 Å². The molecule has 0 aliphatic carbocycles. The predicted molar refractivity (Wildman–Crippen MR) is 105 cm³/mol. The van der Waals surface area contributed by atoms with Crippen LogP contribution in [-0.2, 0) is 4.79 Å². The molecule has 2 aromatic rings. The van der Waals surface area contributed by atoms with Crippen LogP contribution < -0.4 is 15.4 Å². The quantitative estimate of drug-likeness (QED) is 0.809. The molecule has 0 aromatic heterocycles. The number of rotatable bonds is 6. The zero-order chi connectivity index (χ0) is 18.4. The maximum atomic E-state index is 12.3. The Bertz CT molecular complexity index is 730. The Morgan fingerprint density at radius 3 is 2.58 bits per heavy atom. The van der Waals surface area contributed by atoms with Crippen molar-refractivity contribution in [1.82, 2.24) is 10.2 Å². The highest BCUT2D eigenvalue weighted by atomic mass is 35.5. The van der Waals surface area contributed by atoms with Crippen molar-refractivity contribution < 1.29 is 9.53 Å². The van der Waals surface area contributed by atoms with Gasteiger partial charge in [0.05, 0.1) is 11.6 Å². The number of ether oxygens (including phenoxy) is 1. The molecule has 0 bridgehead atoms. The summed E-state index contributed by atoms with van der Waals surface area (Å²) in [7, 11) is 2.01. The molecule has 5 nitrogen and oxygen atoms in total. The van der Waals surface area contributed by atoms with E-state index < -0.39 is 0 Å². The third-order valence-electron chi connectivity index (χ3n) is 4.53. The molecule has 1 aliphatic heterocycles. The average molecular weight is 374 g/mol. The van der Waals surface area contributed by atoms with Crippen molar-refractivity contribution in [3.05, 3.63) is 53.6 Å². The van der Waals surface area contributed by atoms with E-state index in [1.807, 2.05) is 49.5 Å². The van der Waals surface area contributed by atoms with Gasteiger partial charge in [-0.25, -0.2) is 0 Å². The van der Waals surface area contributed by atoms with Crippen molar-refractivity contribution in [2.45, 2.75) is 18.9 Å². The van der Waals surface area contributed by atoms with Gasteiger partial charge in [0, 0.05) is 11.7 Å². The van der Waals surface area contributed by atoms with Gasteiger partial charge >= 0.3 is 0 Å². The van der Waals surface area contributed by atoms with Crippen LogP contribution in [0.1, 0.15) is 12.8 Å². The summed E-state index contributed by atoms with van der Waals surface area (Å²) in [6, 6.07) is 15.1. The van der Waals surface area contributed by atoms with Crippen LogP contribution >= 0.6 is 11.6 Å².